The molecule has 1 aromatic heterocycles. The number of amides is 1. The fourth-order valence-corrected chi connectivity index (χ4v) is 2.10. The van der Waals surface area contributed by atoms with E-state index in [9.17, 15) is 9.59 Å². The molecule has 0 saturated carbocycles. The molecule has 0 unspecified atom stereocenters. The number of esters is 1. The Morgan fingerprint density at radius 2 is 2.00 bits per heavy atom. The van der Waals surface area contributed by atoms with Crippen LogP contribution in [0.2, 0.25) is 5.15 Å². The smallest absolute Gasteiger partial charge is 0.342 e. The molecule has 0 saturated heterocycles. The number of halogens is 1. The van der Waals surface area contributed by atoms with E-state index in [2.05, 4.69) is 10.3 Å². The predicted molar refractivity (Wildman–Crippen MR) is 81.5 cm³/mol. The summed E-state index contributed by atoms with van der Waals surface area (Å²) in [5.74, 6) is -0.987. The zero-order chi connectivity index (χ0) is 16.2. The molecule has 5 nitrogen and oxygen atoms in total. The maximum atomic E-state index is 12.0. The Hall–Kier alpha value is -1.62. The summed E-state index contributed by atoms with van der Waals surface area (Å²) in [6.07, 6.45) is 0.777. The largest absolute Gasteiger partial charge is 0.452 e. The maximum Gasteiger partial charge on any atom is 0.342 e. The van der Waals surface area contributed by atoms with Crippen LogP contribution < -0.4 is 5.32 Å². The molecule has 0 fully saturated rings. The first-order valence-corrected chi connectivity index (χ1v) is 7.16. The third-order valence-electron chi connectivity index (χ3n) is 3.20. The van der Waals surface area contributed by atoms with E-state index in [1.54, 1.807) is 19.9 Å². The van der Waals surface area contributed by atoms with Gasteiger partial charge in [-0.3, -0.25) is 4.79 Å². The molecule has 1 N–H and O–H groups in total. The van der Waals surface area contributed by atoms with Gasteiger partial charge < -0.3 is 10.1 Å². The zero-order valence-corrected chi connectivity index (χ0v) is 13.8. The number of carbonyl (C=O) groups excluding carboxylic acids is 2. The minimum atomic E-state index is -0.644. The fourth-order valence-electron chi connectivity index (χ4n) is 1.74. The topological polar surface area (TPSA) is 68.3 Å². The number of carbonyl (C=O) groups is 2. The number of hydrogen-bond donors (Lipinski definition) is 1. The molecular weight excluding hydrogens is 292 g/mol. The Morgan fingerprint density at radius 1 is 1.38 bits per heavy atom. The summed E-state index contributed by atoms with van der Waals surface area (Å²) in [7, 11) is 0. The van der Waals surface area contributed by atoms with Crippen LogP contribution in [0.4, 0.5) is 0 Å². The van der Waals surface area contributed by atoms with E-state index >= 15 is 0 Å². The van der Waals surface area contributed by atoms with Crippen LogP contribution in [-0.2, 0) is 9.53 Å². The van der Waals surface area contributed by atoms with Crippen molar-refractivity contribution in [2.45, 2.75) is 46.6 Å². The van der Waals surface area contributed by atoms with Gasteiger partial charge >= 0.3 is 5.97 Å². The first-order valence-electron chi connectivity index (χ1n) is 6.78. The number of aromatic nitrogens is 1. The van der Waals surface area contributed by atoms with Gasteiger partial charge in [0.1, 0.15) is 5.15 Å². The first-order chi connectivity index (χ1) is 9.66. The molecule has 1 heterocycles. The summed E-state index contributed by atoms with van der Waals surface area (Å²) in [6.45, 7) is 8.96. The lowest BCUT2D eigenvalue weighted by Crippen LogP contribution is -2.44. The molecule has 0 aliphatic heterocycles. The Kier molecular flexibility index (Phi) is 5.72. The van der Waals surface area contributed by atoms with Crippen molar-refractivity contribution >= 4 is 23.5 Å². The van der Waals surface area contributed by atoms with Crippen molar-refractivity contribution in [1.29, 1.82) is 0 Å². The summed E-state index contributed by atoms with van der Waals surface area (Å²) in [6, 6.07) is 1.74. The summed E-state index contributed by atoms with van der Waals surface area (Å²) >= 11 is 5.96. The van der Waals surface area contributed by atoms with Gasteiger partial charge in [0, 0.05) is 11.2 Å². The molecular formula is C15H21ClN2O3. The number of nitrogens with zero attached hydrogens (tertiary/aromatic N) is 1. The minimum absolute atomic E-state index is 0.0896. The van der Waals surface area contributed by atoms with E-state index in [-0.39, 0.29) is 28.8 Å². The molecule has 0 aliphatic carbocycles. The Bertz CT molecular complexity index is 533. The molecule has 0 atom stereocenters. The maximum absolute atomic E-state index is 12.0. The second-order valence-electron chi connectivity index (χ2n) is 5.61. The molecule has 21 heavy (non-hydrogen) atoms. The Morgan fingerprint density at radius 3 is 2.52 bits per heavy atom. The number of hydrogen-bond acceptors (Lipinski definition) is 4. The number of rotatable bonds is 5. The van der Waals surface area contributed by atoms with Crippen LogP contribution in [0.3, 0.4) is 0 Å². The SMILES string of the molecule is CCC(C)(C)NC(=O)COC(=O)c1c(C)cc(C)nc1Cl. The molecule has 0 aliphatic rings. The highest BCUT2D eigenvalue weighted by Gasteiger charge is 2.21. The van der Waals surface area contributed by atoms with Crippen LogP contribution in [0.1, 0.15) is 48.8 Å². The van der Waals surface area contributed by atoms with Crippen molar-refractivity contribution < 1.29 is 14.3 Å². The molecule has 116 valence electrons. The molecule has 0 spiro atoms. The average Bonchev–Trinajstić information content (AvgIpc) is 2.34. The minimum Gasteiger partial charge on any atom is -0.452 e. The van der Waals surface area contributed by atoms with Crippen molar-refractivity contribution in [3.8, 4) is 0 Å². The first kappa shape index (κ1) is 17.4. The van der Waals surface area contributed by atoms with Gasteiger partial charge in [-0.25, -0.2) is 9.78 Å². The van der Waals surface area contributed by atoms with Gasteiger partial charge in [-0.15, -0.1) is 0 Å². The molecule has 1 rings (SSSR count). The van der Waals surface area contributed by atoms with Gasteiger partial charge in [0.15, 0.2) is 6.61 Å². The Balaban J connectivity index is 2.69. The monoisotopic (exact) mass is 312 g/mol. The van der Waals surface area contributed by atoms with Crippen LogP contribution >= 0.6 is 11.6 Å². The number of ether oxygens (including phenoxy) is 1. The zero-order valence-electron chi connectivity index (χ0n) is 13.0. The standard InChI is InChI=1S/C15H21ClN2O3/c1-6-15(4,5)18-11(19)8-21-14(20)12-9(2)7-10(3)17-13(12)16/h7H,6,8H2,1-5H3,(H,18,19). The van der Waals surface area contributed by atoms with Crippen LogP contribution in [0.15, 0.2) is 6.07 Å². The molecule has 6 heteroatoms. The number of pyridine rings is 1. The van der Waals surface area contributed by atoms with Crippen molar-refractivity contribution in [3.05, 3.63) is 28.0 Å². The average molecular weight is 313 g/mol. The van der Waals surface area contributed by atoms with E-state index in [1.165, 1.54) is 0 Å². The molecule has 1 amide bonds. The second-order valence-corrected chi connectivity index (χ2v) is 5.97. The van der Waals surface area contributed by atoms with E-state index in [0.29, 0.717) is 5.56 Å². The highest BCUT2D eigenvalue weighted by molar-refractivity contribution is 6.32. The highest BCUT2D eigenvalue weighted by atomic mass is 35.5. The highest BCUT2D eigenvalue weighted by Crippen LogP contribution is 2.19. The van der Waals surface area contributed by atoms with E-state index in [0.717, 1.165) is 12.1 Å². The molecule has 0 radical (unpaired) electrons. The van der Waals surface area contributed by atoms with Crippen molar-refractivity contribution in [3.63, 3.8) is 0 Å². The summed E-state index contributed by atoms with van der Waals surface area (Å²) in [4.78, 5) is 27.8. The van der Waals surface area contributed by atoms with Crippen molar-refractivity contribution in [1.82, 2.24) is 10.3 Å². The fraction of sp³-hybridized carbons (Fsp3) is 0.533. The van der Waals surface area contributed by atoms with Crippen molar-refractivity contribution in [2.24, 2.45) is 0 Å². The lowest BCUT2D eigenvalue weighted by Gasteiger charge is -2.24. The van der Waals surface area contributed by atoms with Crippen molar-refractivity contribution in [2.75, 3.05) is 6.61 Å². The van der Waals surface area contributed by atoms with Gasteiger partial charge in [0.05, 0.1) is 5.56 Å². The number of nitrogens with one attached hydrogen (secondary N) is 1. The normalized spacial score (nSPS) is 11.1. The molecule has 0 bridgehead atoms. The van der Waals surface area contributed by atoms with Crippen LogP contribution in [0, 0.1) is 13.8 Å². The van der Waals surface area contributed by atoms with Gasteiger partial charge in [0.2, 0.25) is 0 Å². The lowest BCUT2D eigenvalue weighted by atomic mass is 10.0. The second kappa shape index (κ2) is 6.89. The summed E-state index contributed by atoms with van der Waals surface area (Å²) in [5.41, 5.74) is 1.26. The van der Waals surface area contributed by atoms with Crippen LogP contribution in [0.25, 0.3) is 0 Å². The van der Waals surface area contributed by atoms with E-state index in [4.69, 9.17) is 16.3 Å². The Labute approximate surface area is 130 Å². The van der Waals surface area contributed by atoms with Gasteiger partial charge in [-0.2, -0.15) is 0 Å². The van der Waals surface area contributed by atoms with E-state index in [1.807, 2.05) is 20.8 Å². The molecule has 1 aromatic rings. The molecule has 0 aromatic carbocycles. The van der Waals surface area contributed by atoms with Crippen LogP contribution in [0.5, 0.6) is 0 Å². The third-order valence-corrected chi connectivity index (χ3v) is 3.47. The summed E-state index contributed by atoms with van der Waals surface area (Å²) in [5, 5.41) is 2.88. The number of aryl methyl sites for hydroxylation is 2. The van der Waals surface area contributed by atoms with E-state index < -0.39 is 5.97 Å². The lowest BCUT2D eigenvalue weighted by molar-refractivity contribution is -0.125. The third kappa shape index (κ3) is 5.01. The van der Waals surface area contributed by atoms with Gasteiger partial charge in [-0.05, 0) is 45.7 Å². The van der Waals surface area contributed by atoms with Gasteiger partial charge in [0.25, 0.3) is 5.91 Å². The summed E-state index contributed by atoms with van der Waals surface area (Å²) < 4.78 is 5.01. The van der Waals surface area contributed by atoms with Crippen LogP contribution in [-0.4, -0.2) is 29.0 Å². The predicted octanol–water partition coefficient (Wildman–Crippen LogP) is 2.81. The quantitative estimate of drug-likeness (QED) is 0.670. The van der Waals surface area contributed by atoms with Gasteiger partial charge in [-0.1, -0.05) is 18.5 Å².